The van der Waals surface area contributed by atoms with Gasteiger partial charge in [0.15, 0.2) is 6.19 Å². The second kappa shape index (κ2) is 7.48. The molecule has 108 valence electrons. The number of hydroxylamine groups is 1. The summed E-state index contributed by atoms with van der Waals surface area (Å²) in [5, 5.41) is 20.1. The first-order valence-corrected chi connectivity index (χ1v) is 6.39. The Bertz CT molecular complexity index is 511. The summed E-state index contributed by atoms with van der Waals surface area (Å²) >= 11 is 0. The molecule has 0 saturated heterocycles. The van der Waals surface area contributed by atoms with E-state index < -0.39 is 5.91 Å². The van der Waals surface area contributed by atoms with Crippen molar-refractivity contribution in [3.63, 3.8) is 0 Å². The molecule has 0 aliphatic heterocycles. The maximum absolute atomic E-state index is 11.8. The highest BCUT2D eigenvalue weighted by Gasteiger charge is 2.17. The Balaban J connectivity index is 3.19. The van der Waals surface area contributed by atoms with E-state index in [9.17, 15) is 10.0 Å². The van der Waals surface area contributed by atoms with E-state index in [4.69, 9.17) is 10.00 Å². The zero-order valence-corrected chi connectivity index (χ0v) is 12.0. The van der Waals surface area contributed by atoms with Crippen LogP contribution < -0.4 is 9.96 Å². The molecular weight excluding hydrogens is 258 g/mol. The molecule has 6 nitrogen and oxygen atoms in total. The first-order valence-electron chi connectivity index (χ1n) is 6.39. The quantitative estimate of drug-likeness (QED) is 0.488. The number of benzene rings is 1. The standard InChI is InChI=1S/C14H19N3O3/c1-4-11-6-7-12(8-13(11)17(19)5-2)16(10-15)14(18)9-20-3/h6-8,19H,4-5,9H2,1-3H3. The van der Waals surface area contributed by atoms with E-state index in [2.05, 4.69) is 0 Å². The largest absolute Gasteiger partial charge is 0.375 e. The lowest BCUT2D eigenvalue weighted by Gasteiger charge is -2.21. The van der Waals surface area contributed by atoms with Gasteiger partial charge in [-0.05, 0) is 31.0 Å². The van der Waals surface area contributed by atoms with Crippen molar-refractivity contribution >= 4 is 17.3 Å². The van der Waals surface area contributed by atoms with Gasteiger partial charge in [0.2, 0.25) is 0 Å². The highest BCUT2D eigenvalue weighted by molar-refractivity contribution is 5.97. The monoisotopic (exact) mass is 277 g/mol. The lowest BCUT2D eigenvalue weighted by Crippen LogP contribution is -2.29. The van der Waals surface area contributed by atoms with Crippen molar-refractivity contribution in [2.45, 2.75) is 20.3 Å². The van der Waals surface area contributed by atoms with Crippen LogP contribution in [0.4, 0.5) is 11.4 Å². The summed E-state index contributed by atoms with van der Waals surface area (Å²) in [6.45, 7) is 4.02. The topological polar surface area (TPSA) is 76.8 Å². The molecule has 0 aliphatic rings. The first kappa shape index (κ1) is 16.0. The highest BCUT2D eigenvalue weighted by atomic mass is 16.5. The molecular formula is C14H19N3O3. The van der Waals surface area contributed by atoms with Crippen molar-refractivity contribution in [1.29, 1.82) is 5.26 Å². The number of nitriles is 1. The number of aryl methyl sites for hydroxylation is 1. The van der Waals surface area contributed by atoms with Crippen molar-refractivity contribution in [3.8, 4) is 6.19 Å². The van der Waals surface area contributed by atoms with E-state index in [-0.39, 0.29) is 6.61 Å². The number of nitrogens with zero attached hydrogens (tertiary/aromatic N) is 3. The number of anilines is 2. The molecule has 0 radical (unpaired) electrons. The van der Waals surface area contributed by atoms with Crippen LogP contribution in [0.2, 0.25) is 0 Å². The summed E-state index contributed by atoms with van der Waals surface area (Å²) in [6, 6.07) is 5.11. The molecule has 0 atom stereocenters. The summed E-state index contributed by atoms with van der Waals surface area (Å²) < 4.78 is 4.75. The Labute approximate surface area is 118 Å². The van der Waals surface area contributed by atoms with Crippen molar-refractivity contribution in [1.82, 2.24) is 0 Å². The van der Waals surface area contributed by atoms with Crippen LogP contribution in [0, 0.1) is 11.5 Å². The summed E-state index contributed by atoms with van der Waals surface area (Å²) in [4.78, 5) is 12.7. The van der Waals surface area contributed by atoms with Gasteiger partial charge >= 0.3 is 0 Å². The molecule has 0 saturated carbocycles. The molecule has 20 heavy (non-hydrogen) atoms. The summed E-state index contributed by atoms with van der Waals surface area (Å²) in [5.41, 5.74) is 1.95. The predicted molar refractivity (Wildman–Crippen MR) is 75.6 cm³/mol. The Morgan fingerprint density at radius 1 is 1.45 bits per heavy atom. The lowest BCUT2D eigenvalue weighted by molar-refractivity contribution is -0.121. The second-order valence-corrected chi connectivity index (χ2v) is 4.14. The fourth-order valence-electron chi connectivity index (χ4n) is 1.85. The van der Waals surface area contributed by atoms with E-state index >= 15 is 0 Å². The molecule has 0 unspecified atom stereocenters. The number of hydrogen-bond donors (Lipinski definition) is 1. The van der Waals surface area contributed by atoms with Crippen LogP contribution in [0.15, 0.2) is 18.2 Å². The van der Waals surface area contributed by atoms with Gasteiger partial charge in [-0.15, -0.1) is 0 Å². The Morgan fingerprint density at radius 3 is 2.65 bits per heavy atom. The van der Waals surface area contributed by atoms with Crippen LogP contribution in [0.25, 0.3) is 0 Å². The minimum Gasteiger partial charge on any atom is -0.375 e. The van der Waals surface area contributed by atoms with Gasteiger partial charge in [0.1, 0.15) is 6.61 Å². The van der Waals surface area contributed by atoms with Crippen LogP contribution in [0.3, 0.4) is 0 Å². The molecule has 1 aromatic rings. The molecule has 1 rings (SSSR count). The normalized spacial score (nSPS) is 9.95. The SMILES string of the molecule is CCc1ccc(N(C#N)C(=O)COC)cc1N(O)CC. The Morgan fingerprint density at radius 2 is 2.15 bits per heavy atom. The van der Waals surface area contributed by atoms with Gasteiger partial charge in [-0.1, -0.05) is 13.0 Å². The van der Waals surface area contributed by atoms with Crippen LogP contribution in [0.1, 0.15) is 19.4 Å². The fourth-order valence-corrected chi connectivity index (χ4v) is 1.85. The Kier molecular flexibility index (Phi) is 5.97. The number of carbonyl (C=O) groups is 1. The van der Waals surface area contributed by atoms with E-state index in [1.54, 1.807) is 18.2 Å². The van der Waals surface area contributed by atoms with Gasteiger partial charge in [0, 0.05) is 13.7 Å². The molecule has 0 aliphatic carbocycles. The van der Waals surface area contributed by atoms with Crippen molar-refractivity contribution in [3.05, 3.63) is 23.8 Å². The van der Waals surface area contributed by atoms with E-state index in [0.29, 0.717) is 17.9 Å². The summed E-state index contributed by atoms with van der Waals surface area (Å²) in [7, 11) is 1.39. The van der Waals surface area contributed by atoms with Gasteiger partial charge in [-0.25, -0.2) is 4.90 Å². The van der Waals surface area contributed by atoms with Crippen molar-refractivity contribution < 1.29 is 14.7 Å². The van der Waals surface area contributed by atoms with Crippen molar-refractivity contribution in [2.75, 3.05) is 30.2 Å². The molecule has 6 heteroatoms. The van der Waals surface area contributed by atoms with Gasteiger partial charge in [0.05, 0.1) is 11.4 Å². The van der Waals surface area contributed by atoms with E-state index in [0.717, 1.165) is 21.9 Å². The zero-order chi connectivity index (χ0) is 15.1. The van der Waals surface area contributed by atoms with Crippen LogP contribution in [0.5, 0.6) is 0 Å². The average Bonchev–Trinajstić information content (AvgIpc) is 2.47. The smallest absolute Gasteiger partial charge is 0.266 e. The van der Waals surface area contributed by atoms with Crippen LogP contribution >= 0.6 is 0 Å². The maximum atomic E-state index is 11.8. The molecule has 0 heterocycles. The predicted octanol–water partition coefficient (Wildman–Crippen LogP) is 1.92. The van der Waals surface area contributed by atoms with Gasteiger partial charge in [0.25, 0.3) is 5.91 Å². The number of amides is 1. The minimum absolute atomic E-state index is 0.172. The number of methoxy groups -OCH3 is 1. The first-order chi connectivity index (χ1) is 9.58. The third-order valence-electron chi connectivity index (χ3n) is 2.90. The Hall–Kier alpha value is -2.10. The van der Waals surface area contributed by atoms with Crippen LogP contribution in [-0.4, -0.2) is 31.4 Å². The molecule has 0 aromatic heterocycles. The molecule has 1 aromatic carbocycles. The third-order valence-corrected chi connectivity index (χ3v) is 2.90. The van der Waals surface area contributed by atoms with Gasteiger partial charge in [-0.3, -0.25) is 15.1 Å². The van der Waals surface area contributed by atoms with Crippen molar-refractivity contribution in [2.24, 2.45) is 0 Å². The van der Waals surface area contributed by atoms with Gasteiger partial charge in [-0.2, -0.15) is 5.26 Å². The number of rotatable bonds is 6. The van der Waals surface area contributed by atoms with E-state index in [1.165, 1.54) is 7.11 Å². The van der Waals surface area contributed by atoms with Gasteiger partial charge < -0.3 is 4.74 Å². The summed E-state index contributed by atoms with van der Waals surface area (Å²) in [6.07, 6.45) is 2.57. The number of ether oxygens (including phenoxy) is 1. The molecule has 1 N–H and O–H groups in total. The zero-order valence-electron chi connectivity index (χ0n) is 12.0. The van der Waals surface area contributed by atoms with E-state index in [1.807, 2.05) is 20.0 Å². The average molecular weight is 277 g/mol. The number of hydrogen-bond acceptors (Lipinski definition) is 5. The molecule has 0 bridgehead atoms. The number of carbonyl (C=O) groups excluding carboxylic acids is 1. The molecule has 1 amide bonds. The third kappa shape index (κ3) is 3.47. The summed E-state index contributed by atoms with van der Waals surface area (Å²) in [5.74, 6) is -0.453. The molecule has 0 spiro atoms. The maximum Gasteiger partial charge on any atom is 0.266 e. The lowest BCUT2D eigenvalue weighted by atomic mass is 10.1. The van der Waals surface area contributed by atoms with Crippen LogP contribution in [-0.2, 0) is 16.0 Å². The second-order valence-electron chi connectivity index (χ2n) is 4.14. The minimum atomic E-state index is -0.453. The fraction of sp³-hybridized carbons (Fsp3) is 0.429. The molecule has 0 fully saturated rings. The highest BCUT2D eigenvalue weighted by Crippen LogP contribution is 2.26.